The molecule has 1 aromatic rings. The van der Waals surface area contributed by atoms with Crippen molar-refractivity contribution in [2.75, 3.05) is 40.6 Å². The van der Waals surface area contributed by atoms with Gasteiger partial charge in [0.2, 0.25) is 0 Å². The summed E-state index contributed by atoms with van der Waals surface area (Å²) in [5.74, 6) is -0.883. The normalized spacial score (nSPS) is 11.0. The number of hydrogen-bond donors (Lipinski definition) is 0. The molecule has 6 nitrogen and oxygen atoms in total. The van der Waals surface area contributed by atoms with Gasteiger partial charge in [0.1, 0.15) is 13.5 Å². The van der Waals surface area contributed by atoms with Crippen LogP contribution in [0.25, 0.3) is 0 Å². The lowest BCUT2D eigenvalue weighted by Gasteiger charge is -2.17. The van der Waals surface area contributed by atoms with Gasteiger partial charge in [0.05, 0.1) is 11.1 Å². The molecule has 0 aliphatic rings. The van der Waals surface area contributed by atoms with Crippen LogP contribution in [0.15, 0.2) is 24.3 Å². The molecule has 0 aliphatic heterocycles. The van der Waals surface area contributed by atoms with Gasteiger partial charge in [0.25, 0.3) is 0 Å². The predicted octanol–water partition coefficient (Wildman–Crippen LogP) is 3.38. The van der Waals surface area contributed by atoms with Crippen LogP contribution < -0.4 is 0 Å². The minimum Gasteiger partial charge on any atom is -0.446 e. The highest BCUT2D eigenvalue weighted by atomic mass is 16.5. The van der Waals surface area contributed by atoms with Gasteiger partial charge in [-0.15, -0.1) is 0 Å². The van der Waals surface area contributed by atoms with Crippen molar-refractivity contribution in [2.24, 2.45) is 0 Å². The van der Waals surface area contributed by atoms with Crippen molar-refractivity contribution in [3.63, 3.8) is 0 Å². The Hall–Kier alpha value is -1.92. The number of benzene rings is 1. The molecule has 0 spiro atoms. The van der Waals surface area contributed by atoms with Crippen LogP contribution in [0.2, 0.25) is 0 Å². The lowest BCUT2D eigenvalue weighted by molar-refractivity contribution is 0.0269. The second kappa shape index (κ2) is 12.4. The van der Waals surface area contributed by atoms with E-state index in [1.165, 1.54) is 6.07 Å². The molecule has 0 saturated carbocycles. The maximum absolute atomic E-state index is 12.2. The fourth-order valence-electron chi connectivity index (χ4n) is 2.26. The molecule has 0 saturated heterocycles. The van der Waals surface area contributed by atoms with Crippen LogP contribution in [0.5, 0.6) is 0 Å². The quantitative estimate of drug-likeness (QED) is 0.419. The zero-order valence-corrected chi connectivity index (χ0v) is 16.5. The Balaban J connectivity index is 2.52. The number of rotatable bonds is 12. The van der Waals surface area contributed by atoms with E-state index in [9.17, 15) is 9.59 Å². The van der Waals surface area contributed by atoms with Gasteiger partial charge in [0.15, 0.2) is 0 Å². The van der Waals surface area contributed by atoms with Crippen molar-refractivity contribution in [2.45, 2.75) is 39.5 Å². The number of carbonyl (C=O) groups is 2. The van der Waals surface area contributed by atoms with Crippen molar-refractivity contribution in [3.8, 4) is 0 Å². The fourth-order valence-corrected chi connectivity index (χ4v) is 2.26. The smallest absolute Gasteiger partial charge is 0.339 e. The standard InChI is InChI=1S/C20H32N2O4/c1-5-7-12-21(3)15-25-19(23)17-10-9-11-18(14-17)20(24)26-16-22(4)13-8-6-2/h9-11,14H,5-8,12-13,15-16H2,1-4H3. The fraction of sp³-hybridized carbons (Fsp3) is 0.600. The van der Waals surface area contributed by atoms with Crippen LogP contribution in [-0.4, -0.2) is 62.4 Å². The summed E-state index contributed by atoms with van der Waals surface area (Å²) in [6, 6.07) is 6.45. The van der Waals surface area contributed by atoms with Crippen molar-refractivity contribution in [3.05, 3.63) is 35.4 Å². The summed E-state index contributed by atoms with van der Waals surface area (Å²) in [6.45, 7) is 6.45. The zero-order valence-electron chi connectivity index (χ0n) is 16.5. The van der Waals surface area contributed by atoms with Crippen molar-refractivity contribution < 1.29 is 19.1 Å². The summed E-state index contributed by atoms with van der Waals surface area (Å²) in [4.78, 5) is 28.2. The van der Waals surface area contributed by atoms with E-state index in [0.717, 1.165) is 38.8 Å². The zero-order chi connectivity index (χ0) is 19.4. The topological polar surface area (TPSA) is 59.1 Å². The molecule has 0 bridgehead atoms. The minimum absolute atomic E-state index is 0.232. The molecular weight excluding hydrogens is 332 g/mol. The molecule has 1 rings (SSSR count). The largest absolute Gasteiger partial charge is 0.446 e. The van der Waals surface area contributed by atoms with Gasteiger partial charge in [0, 0.05) is 13.1 Å². The lowest BCUT2D eigenvalue weighted by atomic mass is 10.1. The average Bonchev–Trinajstić information content (AvgIpc) is 2.66. The molecule has 146 valence electrons. The summed E-state index contributed by atoms with van der Waals surface area (Å²) in [5, 5.41) is 0. The van der Waals surface area contributed by atoms with Gasteiger partial charge in [-0.3, -0.25) is 9.80 Å². The number of ether oxygens (including phenoxy) is 2. The van der Waals surface area contributed by atoms with Crippen LogP contribution in [0.4, 0.5) is 0 Å². The van der Waals surface area contributed by atoms with E-state index in [1.807, 2.05) is 23.9 Å². The third kappa shape index (κ3) is 8.45. The van der Waals surface area contributed by atoms with Crippen LogP contribution in [-0.2, 0) is 9.47 Å². The van der Waals surface area contributed by atoms with Crippen molar-refractivity contribution in [1.29, 1.82) is 0 Å². The van der Waals surface area contributed by atoms with E-state index in [4.69, 9.17) is 9.47 Å². The van der Waals surface area contributed by atoms with Gasteiger partial charge >= 0.3 is 11.9 Å². The third-order valence-electron chi connectivity index (χ3n) is 3.95. The van der Waals surface area contributed by atoms with Crippen LogP contribution in [0.1, 0.15) is 60.2 Å². The summed E-state index contributed by atoms with van der Waals surface area (Å²) in [7, 11) is 3.82. The molecule has 0 N–H and O–H groups in total. The first-order chi connectivity index (χ1) is 12.5. The second-order valence-corrected chi connectivity index (χ2v) is 6.57. The lowest BCUT2D eigenvalue weighted by Crippen LogP contribution is -2.25. The second-order valence-electron chi connectivity index (χ2n) is 6.57. The molecule has 0 heterocycles. The Labute approximate surface area is 157 Å². The van der Waals surface area contributed by atoms with Crippen molar-refractivity contribution in [1.82, 2.24) is 9.80 Å². The molecular formula is C20H32N2O4. The summed E-state index contributed by atoms with van der Waals surface area (Å²) >= 11 is 0. The van der Waals surface area contributed by atoms with Gasteiger partial charge < -0.3 is 9.47 Å². The maximum atomic E-state index is 12.2. The van der Waals surface area contributed by atoms with E-state index in [2.05, 4.69) is 13.8 Å². The van der Waals surface area contributed by atoms with E-state index in [1.54, 1.807) is 18.2 Å². The van der Waals surface area contributed by atoms with Crippen LogP contribution in [0, 0.1) is 0 Å². The summed E-state index contributed by atoms with van der Waals surface area (Å²) in [6.07, 6.45) is 4.30. The molecule has 0 aromatic heterocycles. The summed E-state index contributed by atoms with van der Waals surface area (Å²) < 4.78 is 10.6. The molecule has 1 aromatic carbocycles. The van der Waals surface area contributed by atoms with Gasteiger partial charge in [-0.1, -0.05) is 32.8 Å². The first-order valence-electron chi connectivity index (χ1n) is 9.29. The SMILES string of the molecule is CCCCN(C)COC(=O)c1cccc(C(=O)OCN(C)CCCC)c1. The molecule has 0 atom stereocenters. The number of unbranched alkanes of at least 4 members (excludes halogenated alkanes) is 2. The minimum atomic E-state index is -0.442. The first kappa shape index (κ1) is 22.1. The highest BCUT2D eigenvalue weighted by Gasteiger charge is 2.14. The molecule has 0 aliphatic carbocycles. The molecule has 0 fully saturated rings. The number of carbonyl (C=O) groups excluding carboxylic acids is 2. The van der Waals surface area contributed by atoms with Gasteiger partial charge in [-0.25, -0.2) is 9.59 Å². The monoisotopic (exact) mass is 364 g/mol. The highest BCUT2D eigenvalue weighted by Crippen LogP contribution is 2.09. The molecule has 0 radical (unpaired) electrons. The Kier molecular flexibility index (Phi) is 10.6. The number of esters is 2. The Bertz CT molecular complexity index is 517. The van der Waals surface area contributed by atoms with Crippen LogP contribution >= 0.6 is 0 Å². The molecule has 6 heteroatoms. The van der Waals surface area contributed by atoms with Crippen LogP contribution in [0.3, 0.4) is 0 Å². The predicted molar refractivity (Wildman–Crippen MR) is 102 cm³/mol. The maximum Gasteiger partial charge on any atom is 0.339 e. The van der Waals surface area contributed by atoms with E-state index >= 15 is 0 Å². The number of nitrogens with zero attached hydrogens (tertiary/aromatic N) is 2. The molecule has 0 unspecified atom stereocenters. The van der Waals surface area contributed by atoms with E-state index in [0.29, 0.717) is 11.1 Å². The Morgan fingerprint density at radius 2 is 1.27 bits per heavy atom. The number of hydrogen-bond acceptors (Lipinski definition) is 6. The van der Waals surface area contributed by atoms with Gasteiger partial charge in [-0.05, 0) is 45.1 Å². The summed E-state index contributed by atoms with van der Waals surface area (Å²) in [5.41, 5.74) is 0.699. The highest BCUT2D eigenvalue weighted by molar-refractivity contribution is 5.95. The van der Waals surface area contributed by atoms with Gasteiger partial charge in [-0.2, -0.15) is 0 Å². The Morgan fingerprint density at radius 3 is 1.65 bits per heavy atom. The molecule has 26 heavy (non-hydrogen) atoms. The van der Waals surface area contributed by atoms with E-state index in [-0.39, 0.29) is 13.5 Å². The first-order valence-corrected chi connectivity index (χ1v) is 9.29. The third-order valence-corrected chi connectivity index (χ3v) is 3.95. The molecule has 0 amide bonds. The average molecular weight is 364 g/mol. The Morgan fingerprint density at radius 1 is 0.846 bits per heavy atom. The van der Waals surface area contributed by atoms with E-state index < -0.39 is 11.9 Å². The van der Waals surface area contributed by atoms with Crippen molar-refractivity contribution >= 4 is 11.9 Å².